The molecule has 0 atom stereocenters. The van der Waals surface area contributed by atoms with E-state index in [-0.39, 0.29) is 11.7 Å². The molecule has 5 heteroatoms. The highest BCUT2D eigenvalue weighted by molar-refractivity contribution is 5.72. The fraction of sp³-hybridized carbons (Fsp3) is 0.609. The molecule has 1 fully saturated rings. The van der Waals surface area contributed by atoms with Crippen molar-refractivity contribution in [1.82, 2.24) is 4.90 Å². The van der Waals surface area contributed by atoms with Crippen molar-refractivity contribution in [3.63, 3.8) is 0 Å². The second-order valence-electron chi connectivity index (χ2n) is 8.24. The van der Waals surface area contributed by atoms with Crippen LogP contribution in [-0.4, -0.2) is 47.5 Å². The van der Waals surface area contributed by atoms with Crippen LogP contribution < -0.4 is 4.74 Å². The first kappa shape index (κ1) is 24.0. The molecule has 2 aliphatic heterocycles. The van der Waals surface area contributed by atoms with Gasteiger partial charge in [-0.2, -0.15) is 0 Å². The number of aliphatic hydroxyl groups excluding tert-OH is 1. The molecule has 1 aromatic rings. The lowest BCUT2D eigenvalue weighted by Crippen LogP contribution is -2.51. The van der Waals surface area contributed by atoms with Gasteiger partial charge in [0.25, 0.3) is 0 Å². The lowest BCUT2D eigenvalue weighted by molar-refractivity contribution is -0.0179. The predicted octanol–water partition coefficient (Wildman–Crippen LogP) is 5.28. The SMILES string of the molecule is C=C1CC2(CCN(C(=O)OC(C)(C)C)CC2)Oc2ccccc21.CCC.CO. The van der Waals surface area contributed by atoms with Crippen LogP contribution in [0.3, 0.4) is 0 Å². The van der Waals surface area contributed by atoms with Gasteiger partial charge in [-0.3, -0.25) is 0 Å². The van der Waals surface area contributed by atoms with Crippen molar-refractivity contribution >= 4 is 11.7 Å². The zero-order chi connectivity index (χ0) is 21.4. The van der Waals surface area contributed by atoms with Crippen molar-refractivity contribution in [1.29, 1.82) is 0 Å². The van der Waals surface area contributed by atoms with Gasteiger partial charge in [0.2, 0.25) is 0 Å². The van der Waals surface area contributed by atoms with Crippen LogP contribution in [0.2, 0.25) is 0 Å². The van der Waals surface area contributed by atoms with Crippen LogP contribution in [0.25, 0.3) is 5.57 Å². The van der Waals surface area contributed by atoms with E-state index in [9.17, 15) is 4.79 Å². The van der Waals surface area contributed by atoms with E-state index in [4.69, 9.17) is 14.6 Å². The number of piperidine rings is 1. The standard InChI is InChI=1S/C19H25NO3.C3H8.CH4O/c1-14-13-19(22-16-8-6-5-7-15(14)16)9-11-20(12-10-19)17(21)23-18(2,3)4;1-3-2;1-2/h5-8H,1,9-13H2,2-4H3;3H2,1-2H3;2H,1H3. The third kappa shape index (κ3) is 6.55. The smallest absolute Gasteiger partial charge is 0.410 e. The van der Waals surface area contributed by atoms with Crippen LogP contribution in [0, 0.1) is 0 Å². The van der Waals surface area contributed by atoms with E-state index in [0.717, 1.165) is 43.3 Å². The monoisotopic (exact) mass is 391 g/mol. The molecule has 0 unspecified atom stereocenters. The maximum absolute atomic E-state index is 12.2. The average Bonchev–Trinajstić information content (AvgIpc) is 2.63. The highest BCUT2D eigenvalue weighted by atomic mass is 16.6. The minimum Gasteiger partial charge on any atom is -0.486 e. The van der Waals surface area contributed by atoms with E-state index < -0.39 is 5.60 Å². The van der Waals surface area contributed by atoms with E-state index >= 15 is 0 Å². The maximum atomic E-state index is 12.2. The van der Waals surface area contributed by atoms with Crippen LogP contribution in [0.1, 0.15) is 65.9 Å². The fourth-order valence-corrected chi connectivity index (χ4v) is 3.30. The molecule has 0 bridgehead atoms. The van der Waals surface area contributed by atoms with Gasteiger partial charge in [-0.25, -0.2) is 4.79 Å². The third-order valence-corrected chi connectivity index (χ3v) is 4.46. The molecule has 1 spiro atoms. The summed E-state index contributed by atoms with van der Waals surface area (Å²) in [4.78, 5) is 14.0. The van der Waals surface area contributed by atoms with E-state index in [2.05, 4.69) is 26.5 Å². The molecular weight excluding hydrogens is 354 g/mol. The van der Waals surface area contributed by atoms with Crippen molar-refractivity contribution in [2.75, 3.05) is 20.2 Å². The number of ether oxygens (including phenoxy) is 2. The number of hydrogen-bond donors (Lipinski definition) is 1. The predicted molar refractivity (Wildman–Crippen MR) is 115 cm³/mol. The molecule has 3 rings (SSSR count). The summed E-state index contributed by atoms with van der Waals surface area (Å²) in [6.45, 7) is 15.5. The Morgan fingerprint density at radius 1 is 1.21 bits per heavy atom. The van der Waals surface area contributed by atoms with Gasteiger partial charge in [-0.1, -0.05) is 45.0 Å². The van der Waals surface area contributed by atoms with Crippen molar-refractivity contribution < 1.29 is 19.4 Å². The second kappa shape index (κ2) is 10.5. The van der Waals surface area contributed by atoms with Crippen molar-refractivity contribution in [2.45, 2.75) is 71.5 Å². The van der Waals surface area contributed by atoms with Gasteiger partial charge < -0.3 is 19.5 Å². The summed E-state index contributed by atoms with van der Waals surface area (Å²) in [6.07, 6.45) is 3.45. The summed E-state index contributed by atoms with van der Waals surface area (Å²) in [5.41, 5.74) is 1.54. The number of amides is 1. The first-order chi connectivity index (χ1) is 13.2. The molecular formula is C23H37NO4. The number of hydrogen-bond acceptors (Lipinski definition) is 4. The highest BCUT2D eigenvalue weighted by Crippen LogP contribution is 2.44. The molecule has 158 valence electrons. The number of likely N-dealkylation sites (tertiary alicyclic amines) is 1. The molecule has 0 radical (unpaired) electrons. The normalized spacial score (nSPS) is 17.2. The molecule has 0 saturated carbocycles. The Labute approximate surface area is 170 Å². The minimum atomic E-state index is -0.458. The first-order valence-corrected chi connectivity index (χ1v) is 10.1. The van der Waals surface area contributed by atoms with Gasteiger partial charge in [0.05, 0.1) is 0 Å². The summed E-state index contributed by atoms with van der Waals surface area (Å²) < 4.78 is 11.8. The zero-order valence-electron chi connectivity index (χ0n) is 18.4. The number of fused-ring (bicyclic) bond motifs is 1. The Kier molecular flexibility index (Phi) is 9.02. The topological polar surface area (TPSA) is 59.0 Å². The first-order valence-electron chi connectivity index (χ1n) is 10.1. The number of nitrogens with zero attached hydrogens (tertiary/aromatic N) is 1. The molecule has 5 nitrogen and oxygen atoms in total. The second-order valence-corrected chi connectivity index (χ2v) is 8.24. The van der Waals surface area contributed by atoms with E-state index in [1.165, 1.54) is 6.42 Å². The third-order valence-electron chi connectivity index (χ3n) is 4.46. The number of benzene rings is 1. The van der Waals surface area contributed by atoms with Crippen molar-refractivity contribution in [3.05, 3.63) is 36.4 Å². The van der Waals surface area contributed by atoms with Crippen LogP contribution >= 0.6 is 0 Å². The van der Waals surface area contributed by atoms with Crippen LogP contribution in [-0.2, 0) is 4.74 Å². The van der Waals surface area contributed by atoms with Crippen LogP contribution in [0.4, 0.5) is 4.79 Å². The Morgan fingerprint density at radius 2 is 1.75 bits per heavy atom. The highest BCUT2D eigenvalue weighted by Gasteiger charge is 2.42. The summed E-state index contributed by atoms with van der Waals surface area (Å²) in [5.74, 6) is 0.912. The molecule has 2 heterocycles. The molecule has 28 heavy (non-hydrogen) atoms. The van der Waals surface area contributed by atoms with Gasteiger partial charge in [-0.15, -0.1) is 0 Å². The van der Waals surface area contributed by atoms with Gasteiger partial charge in [0, 0.05) is 45.0 Å². The summed E-state index contributed by atoms with van der Waals surface area (Å²) in [7, 11) is 1.00. The molecule has 1 N–H and O–H groups in total. The number of para-hydroxylation sites is 1. The van der Waals surface area contributed by atoms with Crippen molar-refractivity contribution in [3.8, 4) is 5.75 Å². The molecule has 1 aromatic carbocycles. The summed E-state index contributed by atoms with van der Waals surface area (Å²) in [6, 6.07) is 8.06. The summed E-state index contributed by atoms with van der Waals surface area (Å²) in [5, 5.41) is 7.00. The molecule has 0 aliphatic carbocycles. The van der Waals surface area contributed by atoms with Crippen molar-refractivity contribution in [2.24, 2.45) is 0 Å². The van der Waals surface area contributed by atoms with E-state index in [0.29, 0.717) is 13.1 Å². The Hall–Kier alpha value is -2.01. The zero-order valence-corrected chi connectivity index (χ0v) is 18.4. The number of carbonyl (C=O) groups is 1. The Bertz CT molecular complexity index is 640. The van der Waals surface area contributed by atoms with Crippen LogP contribution in [0.15, 0.2) is 30.8 Å². The maximum Gasteiger partial charge on any atom is 0.410 e. The van der Waals surface area contributed by atoms with Gasteiger partial charge in [-0.05, 0) is 32.4 Å². The Morgan fingerprint density at radius 3 is 2.29 bits per heavy atom. The van der Waals surface area contributed by atoms with Gasteiger partial charge in [0.15, 0.2) is 0 Å². The number of carbonyl (C=O) groups excluding carboxylic acids is 1. The molecule has 1 amide bonds. The van der Waals surface area contributed by atoms with E-state index in [1.807, 2.05) is 39.0 Å². The lowest BCUT2D eigenvalue weighted by Gasteiger charge is -2.45. The summed E-state index contributed by atoms with van der Waals surface area (Å²) >= 11 is 0. The largest absolute Gasteiger partial charge is 0.486 e. The minimum absolute atomic E-state index is 0.232. The average molecular weight is 392 g/mol. The fourth-order valence-electron chi connectivity index (χ4n) is 3.30. The quantitative estimate of drug-likeness (QED) is 0.654. The molecule has 2 aliphatic rings. The molecule has 1 saturated heterocycles. The Balaban J connectivity index is 0.000000717. The van der Waals surface area contributed by atoms with Crippen LogP contribution in [0.5, 0.6) is 5.75 Å². The van der Waals surface area contributed by atoms with Gasteiger partial charge in [0.1, 0.15) is 17.0 Å². The lowest BCUT2D eigenvalue weighted by atomic mass is 9.81. The molecule has 0 aromatic heterocycles. The van der Waals surface area contributed by atoms with E-state index in [1.54, 1.807) is 4.90 Å². The number of rotatable bonds is 0. The van der Waals surface area contributed by atoms with Gasteiger partial charge >= 0.3 is 6.09 Å². The number of aliphatic hydroxyl groups is 1.